The van der Waals surface area contributed by atoms with Crippen molar-refractivity contribution < 1.29 is 4.74 Å². The molecule has 0 heterocycles. The van der Waals surface area contributed by atoms with E-state index in [-0.39, 0.29) is 12.0 Å². The zero-order valence-corrected chi connectivity index (χ0v) is 11.9. The largest absolute Gasteiger partial charge is 0.489 e. The quantitative estimate of drug-likeness (QED) is 0.738. The van der Waals surface area contributed by atoms with Crippen LogP contribution in [0.25, 0.3) is 0 Å². The number of hydrogen-bond donors (Lipinski definition) is 0. The molecule has 102 valence electrons. The smallest absolute Gasteiger partial charge is 0.119 e. The normalized spacial score (nSPS) is 23.7. The minimum atomic E-state index is 0.0484. The highest BCUT2D eigenvalue weighted by Crippen LogP contribution is 2.28. The van der Waals surface area contributed by atoms with Crippen LogP contribution >= 0.6 is 0 Å². The first kappa shape index (κ1) is 13.9. The molecule has 2 rings (SSSR count). The van der Waals surface area contributed by atoms with Gasteiger partial charge in [0.25, 0.3) is 0 Å². The van der Waals surface area contributed by atoms with Crippen molar-refractivity contribution in [3.05, 3.63) is 29.8 Å². The molecule has 1 aliphatic carbocycles. The molecular weight excluding hydrogens is 234 g/mol. The van der Waals surface area contributed by atoms with Crippen LogP contribution in [-0.4, -0.2) is 6.10 Å². The number of rotatable bonds is 3. The van der Waals surface area contributed by atoms with Crippen LogP contribution in [0.3, 0.4) is 0 Å². The summed E-state index contributed by atoms with van der Waals surface area (Å²) < 4.78 is 6.05. The lowest BCUT2D eigenvalue weighted by Crippen LogP contribution is -2.24. The van der Waals surface area contributed by atoms with Gasteiger partial charge in [-0.25, -0.2) is 0 Å². The molecule has 2 atom stereocenters. The van der Waals surface area contributed by atoms with Gasteiger partial charge in [0.05, 0.1) is 12.0 Å². The Balaban J connectivity index is 2.04. The Labute approximate surface area is 116 Å². The van der Waals surface area contributed by atoms with Gasteiger partial charge in [0.15, 0.2) is 0 Å². The van der Waals surface area contributed by atoms with Gasteiger partial charge in [-0.3, -0.25) is 0 Å². The highest BCUT2D eigenvalue weighted by molar-refractivity contribution is 5.29. The summed E-state index contributed by atoms with van der Waals surface area (Å²) >= 11 is 0. The van der Waals surface area contributed by atoms with Crippen molar-refractivity contribution in [2.24, 2.45) is 5.92 Å². The molecule has 0 N–H and O–H groups in total. The standard InChI is InChI=1S/C17H23NO/c1-13(2)14-8-10-16(11-9-14)19-17-7-5-3-4-6-15(17)12-18/h8-11,13,15,17H,3-7H2,1-2H3. The van der Waals surface area contributed by atoms with Gasteiger partial charge in [-0.05, 0) is 42.9 Å². The topological polar surface area (TPSA) is 33.0 Å². The van der Waals surface area contributed by atoms with Crippen LogP contribution in [-0.2, 0) is 0 Å². The van der Waals surface area contributed by atoms with Gasteiger partial charge in [0, 0.05) is 0 Å². The lowest BCUT2D eigenvalue weighted by molar-refractivity contribution is 0.152. The van der Waals surface area contributed by atoms with Crippen LogP contribution in [0, 0.1) is 17.2 Å². The number of ether oxygens (including phenoxy) is 1. The highest BCUT2D eigenvalue weighted by atomic mass is 16.5. The van der Waals surface area contributed by atoms with Crippen LogP contribution in [0.4, 0.5) is 0 Å². The molecule has 2 unspecified atom stereocenters. The number of nitriles is 1. The van der Waals surface area contributed by atoms with Gasteiger partial charge in [0.1, 0.15) is 11.9 Å². The Kier molecular flexibility index (Phi) is 4.85. The minimum Gasteiger partial charge on any atom is -0.489 e. The SMILES string of the molecule is CC(C)c1ccc(OC2CCCCCC2C#N)cc1. The maximum absolute atomic E-state index is 9.25. The Bertz CT molecular complexity index is 430. The fraction of sp³-hybridized carbons (Fsp3) is 0.588. The first-order chi connectivity index (χ1) is 9.20. The molecule has 1 aromatic carbocycles. The van der Waals surface area contributed by atoms with E-state index in [9.17, 15) is 5.26 Å². The molecule has 1 aliphatic rings. The van der Waals surface area contributed by atoms with Crippen LogP contribution in [0.5, 0.6) is 5.75 Å². The molecule has 0 bridgehead atoms. The van der Waals surface area contributed by atoms with Gasteiger partial charge in [-0.15, -0.1) is 0 Å². The van der Waals surface area contributed by atoms with E-state index in [0.717, 1.165) is 25.0 Å². The Morgan fingerprint density at radius 1 is 1.11 bits per heavy atom. The summed E-state index contributed by atoms with van der Waals surface area (Å²) in [5.74, 6) is 1.49. The van der Waals surface area contributed by atoms with Gasteiger partial charge in [0.2, 0.25) is 0 Å². The summed E-state index contributed by atoms with van der Waals surface area (Å²) in [7, 11) is 0. The predicted molar refractivity (Wildman–Crippen MR) is 77.1 cm³/mol. The van der Waals surface area contributed by atoms with E-state index in [4.69, 9.17) is 4.74 Å². The molecule has 19 heavy (non-hydrogen) atoms. The molecule has 0 aliphatic heterocycles. The summed E-state index contributed by atoms with van der Waals surface area (Å²) in [6.07, 6.45) is 5.61. The first-order valence-electron chi connectivity index (χ1n) is 7.37. The number of hydrogen-bond acceptors (Lipinski definition) is 2. The fourth-order valence-electron chi connectivity index (χ4n) is 2.67. The number of nitrogens with zero attached hydrogens (tertiary/aromatic N) is 1. The second kappa shape index (κ2) is 6.61. The zero-order chi connectivity index (χ0) is 13.7. The van der Waals surface area contributed by atoms with E-state index >= 15 is 0 Å². The molecule has 1 fully saturated rings. The molecule has 0 spiro atoms. The highest BCUT2D eigenvalue weighted by Gasteiger charge is 2.25. The average Bonchev–Trinajstić information content (AvgIpc) is 2.64. The molecule has 1 aromatic rings. The molecule has 0 aromatic heterocycles. The summed E-state index contributed by atoms with van der Waals surface area (Å²) in [6, 6.07) is 10.7. The molecule has 2 heteroatoms. The monoisotopic (exact) mass is 257 g/mol. The summed E-state index contributed by atoms with van der Waals surface area (Å²) in [4.78, 5) is 0. The van der Waals surface area contributed by atoms with E-state index < -0.39 is 0 Å². The predicted octanol–water partition coefficient (Wildman–Crippen LogP) is 4.66. The van der Waals surface area contributed by atoms with Crippen molar-refractivity contribution in [2.75, 3.05) is 0 Å². The van der Waals surface area contributed by atoms with Crippen molar-refractivity contribution in [1.82, 2.24) is 0 Å². The molecule has 1 saturated carbocycles. The second-order valence-electron chi connectivity index (χ2n) is 5.75. The van der Waals surface area contributed by atoms with E-state index in [1.165, 1.54) is 18.4 Å². The lowest BCUT2D eigenvalue weighted by Gasteiger charge is -2.21. The third-order valence-corrected chi connectivity index (χ3v) is 3.95. The Morgan fingerprint density at radius 2 is 1.79 bits per heavy atom. The van der Waals surface area contributed by atoms with Crippen molar-refractivity contribution in [3.8, 4) is 11.8 Å². The fourth-order valence-corrected chi connectivity index (χ4v) is 2.67. The summed E-state index contributed by atoms with van der Waals surface area (Å²) in [5.41, 5.74) is 1.32. The maximum atomic E-state index is 9.25. The Hall–Kier alpha value is -1.49. The Morgan fingerprint density at radius 3 is 2.42 bits per heavy atom. The number of benzene rings is 1. The van der Waals surface area contributed by atoms with Crippen LogP contribution in [0.15, 0.2) is 24.3 Å². The van der Waals surface area contributed by atoms with E-state index in [1.807, 2.05) is 12.1 Å². The molecule has 0 amide bonds. The first-order valence-corrected chi connectivity index (χ1v) is 7.37. The van der Waals surface area contributed by atoms with Crippen molar-refractivity contribution in [1.29, 1.82) is 5.26 Å². The van der Waals surface area contributed by atoms with E-state index in [1.54, 1.807) is 0 Å². The zero-order valence-electron chi connectivity index (χ0n) is 11.9. The summed E-state index contributed by atoms with van der Waals surface area (Å²) in [5, 5.41) is 9.25. The third-order valence-electron chi connectivity index (χ3n) is 3.95. The minimum absolute atomic E-state index is 0.0484. The van der Waals surface area contributed by atoms with Crippen LogP contribution < -0.4 is 4.74 Å². The van der Waals surface area contributed by atoms with Crippen molar-refractivity contribution in [2.45, 2.75) is 58.0 Å². The maximum Gasteiger partial charge on any atom is 0.119 e. The molecule has 2 nitrogen and oxygen atoms in total. The molecular formula is C17H23NO. The summed E-state index contributed by atoms with van der Waals surface area (Å²) in [6.45, 7) is 4.37. The van der Waals surface area contributed by atoms with Gasteiger partial charge in [-0.2, -0.15) is 5.26 Å². The lowest BCUT2D eigenvalue weighted by atomic mass is 9.99. The van der Waals surface area contributed by atoms with Crippen molar-refractivity contribution >= 4 is 0 Å². The van der Waals surface area contributed by atoms with Crippen molar-refractivity contribution in [3.63, 3.8) is 0 Å². The van der Waals surface area contributed by atoms with E-state index in [0.29, 0.717) is 5.92 Å². The molecule has 0 radical (unpaired) electrons. The average molecular weight is 257 g/mol. The second-order valence-corrected chi connectivity index (χ2v) is 5.75. The van der Waals surface area contributed by atoms with Gasteiger partial charge in [-0.1, -0.05) is 38.8 Å². The van der Waals surface area contributed by atoms with Crippen LogP contribution in [0.2, 0.25) is 0 Å². The third kappa shape index (κ3) is 3.73. The van der Waals surface area contributed by atoms with E-state index in [2.05, 4.69) is 32.0 Å². The molecule has 0 saturated heterocycles. The van der Waals surface area contributed by atoms with Gasteiger partial charge >= 0.3 is 0 Å². The van der Waals surface area contributed by atoms with Crippen LogP contribution in [0.1, 0.15) is 57.4 Å². The van der Waals surface area contributed by atoms with Gasteiger partial charge < -0.3 is 4.74 Å².